The first-order valence-electron chi connectivity index (χ1n) is 6.56. The smallest absolute Gasteiger partial charge is 0.273 e. The van der Waals surface area contributed by atoms with Crippen LogP contribution in [-0.2, 0) is 11.3 Å². The van der Waals surface area contributed by atoms with Gasteiger partial charge in [-0.25, -0.2) is 0 Å². The van der Waals surface area contributed by atoms with E-state index in [0.717, 1.165) is 25.7 Å². The van der Waals surface area contributed by atoms with Crippen molar-refractivity contribution in [3.8, 4) is 0 Å². The molecule has 106 valence electrons. The molecule has 1 amide bonds. The average molecular weight is 287 g/mol. The molecule has 1 heterocycles. The summed E-state index contributed by atoms with van der Waals surface area (Å²) in [5.41, 5.74) is 0.304. The van der Waals surface area contributed by atoms with Gasteiger partial charge in [0.2, 0.25) is 0 Å². The molecular weight excluding hydrogens is 268 g/mol. The average Bonchev–Trinajstić information content (AvgIpc) is 2.87. The quantitative estimate of drug-likeness (QED) is 0.844. The molecule has 1 aromatic heterocycles. The van der Waals surface area contributed by atoms with Crippen LogP contribution in [0.3, 0.4) is 0 Å². The Bertz CT molecular complexity index is 414. The lowest BCUT2D eigenvalue weighted by Gasteiger charge is -2.24. The summed E-state index contributed by atoms with van der Waals surface area (Å²) in [7, 11) is 1.56. The number of ether oxygens (including phenoxy) is 1. The molecule has 1 fully saturated rings. The molecule has 1 aliphatic carbocycles. The minimum absolute atomic E-state index is 0.195. The Morgan fingerprint density at radius 1 is 1.53 bits per heavy atom. The monoisotopic (exact) mass is 286 g/mol. The summed E-state index contributed by atoms with van der Waals surface area (Å²) in [4.78, 5) is 11.9. The Balaban J connectivity index is 1.77. The predicted molar refractivity (Wildman–Crippen MR) is 71.1 cm³/mol. The summed E-state index contributed by atoms with van der Waals surface area (Å²) in [6.45, 7) is 0.995. The van der Waals surface area contributed by atoms with Gasteiger partial charge in [0.25, 0.3) is 5.91 Å². The van der Waals surface area contributed by atoms with Crippen LogP contribution < -0.4 is 5.32 Å². The van der Waals surface area contributed by atoms with E-state index in [2.05, 4.69) is 10.5 Å². The minimum atomic E-state index is -0.195. The third-order valence-electron chi connectivity index (χ3n) is 3.41. The molecule has 1 saturated carbocycles. The number of methoxy groups -OCH3 is 1. The number of nitrogens with one attached hydrogen (secondary N) is 1. The fourth-order valence-electron chi connectivity index (χ4n) is 2.28. The first-order valence-corrected chi connectivity index (χ1v) is 6.99. The van der Waals surface area contributed by atoms with Crippen LogP contribution in [0.25, 0.3) is 0 Å². The standard InChI is InChI=1S/C13H19ClN2O3/c1-18-8-11-6-12(16-19-11)13(17)15-7-9-2-4-10(14)5-3-9/h6,9-10H,2-5,7-8H2,1H3,(H,15,17). The number of hydrogen-bond acceptors (Lipinski definition) is 4. The fraction of sp³-hybridized carbons (Fsp3) is 0.692. The summed E-state index contributed by atoms with van der Waals surface area (Å²) < 4.78 is 9.89. The van der Waals surface area contributed by atoms with Gasteiger partial charge in [0.15, 0.2) is 11.5 Å². The molecule has 0 spiro atoms. The van der Waals surface area contributed by atoms with Crippen molar-refractivity contribution in [1.29, 1.82) is 0 Å². The first-order chi connectivity index (χ1) is 9.19. The summed E-state index contributed by atoms with van der Waals surface area (Å²) >= 11 is 6.05. The Hall–Kier alpha value is -1.07. The van der Waals surface area contributed by atoms with E-state index in [-0.39, 0.29) is 5.91 Å². The second-order valence-electron chi connectivity index (χ2n) is 4.94. The summed E-state index contributed by atoms with van der Waals surface area (Å²) in [6, 6.07) is 1.61. The number of alkyl halides is 1. The van der Waals surface area contributed by atoms with Gasteiger partial charge in [-0.2, -0.15) is 0 Å². The highest BCUT2D eigenvalue weighted by atomic mass is 35.5. The SMILES string of the molecule is COCc1cc(C(=O)NCC2CCC(Cl)CC2)no1. The van der Waals surface area contributed by atoms with Crippen LogP contribution in [-0.4, -0.2) is 30.1 Å². The molecule has 1 aromatic rings. The third kappa shape index (κ3) is 4.21. The fourth-order valence-corrected chi connectivity index (χ4v) is 2.54. The molecule has 0 saturated heterocycles. The van der Waals surface area contributed by atoms with Gasteiger partial charge in [0.1, 0.15) is 6.61 Å². The topological polar surface area (TPSA) is 64.4 Å². The molecule has 0 aromatic carbocycles. The van der Waals surface area contributed by atoms with Crippen molar-refractivity contribution in [2.45, 2.75) is 37.7 Å². The first kappa shape index (κ1) is 14.3. The summed E-state index contributed by atoms with van der Waals surface area (Å²) in [5.74, 6) is 0.874. The molecule has 19 heavy (non-hydrogen) atoms. The predicted octanol–water partition coefficient (Wildman–Crippen LogP) is 2.35. The van der Waals surface area contributed by atoms with Crippen molar-refractivity contribution >= 4 is 17.5 Å². The van der Waals surface area contributed by atoms with E-state index in [4.69, 9.17) is 20.9 Å². The van der Waals surface area contributed by atoms with E-state index in [0.29, 0.717) is 35.9 Å². The van der Waals surface area contributed by atoms with E-state index < -0.39 is 0 Å². The Labute approximate surface area is 117 Å². The second kappa shape index (κ2) is 6.91. The Morgan fingerprint density at radius 3 is 2.95 bits per heavy atom. The lowest BCUT2D eigenvalue weighted by molar-refractivity contribution is 0.0934. The molecule has 6 heteroatoms. The van der Waals surface area contributed by atoms with Crippen LogP contribution in [0.15, 0.2) is 10.6 Å². The largest absolute Gasteiger partial charge is 0.377 e. The highest BCUT2D eigenvalue weighted by molar-refractivity contribution is 6.20. The lowest BCUT2D eigenvalue weighted by atomic mass is 9.89. The highest BCUT2D eigenvalue weighted by Crippen LogP contribution is 2.26. The van der Waals surface area contributed by atoms with Crippen LogP contribution in [0.5, 0.6) is 0 Å². The maximum atomic E-state index is 11.9. The van der Waals surface area contributed by atoms with Gasteiger partial charge in [-0.15, -0.1) is 11.6 Å². The van der Waals surface area contributed by atoms with Crippen molar-refractivity contribution < 1.29 is 14.1 Å². The second-order valence-corrected chi connectivity index (χ2v) is 5.56. The number of amides is 1. The molecule has 5 nitrogen and oxygen atoms in total. The van der Waals surface area contributed by atoms with Crippen molar-refractivity contribution in [2.24, 2.45) is 5.92 Å². The number of halogens is 1. The Morgan fingerprint density at radius 2 is 2.26 bits per heavy atom. The molecular formula is C13H19ClN2O3. The summed E-state index contributed by atoms with van der Waals surface area (Å²) in [6.07, 6.45) is 4.21. The van der Waals surface area contributed by atoms with Gasteiger partial charge in [0, 0.05) is 25.1 Å². The Kier molecular flexibility index (Phi) is 5.22. The lowest BCUT2D eigenvalue weighted by Crippen LogP contribution is -2.31. The van der Waals surface area contributed by atoms with Gasteiger partial charge in [-0.3, -0.25) is 4.79 Å². The molecule has 0 aliphatic heterocycles. The van der Waals surface area contributed by atoms with E-state index >= 15 is 0 Å². The number of carbonyl (C=O) groups excluding carboxylic acids is 1. The molecule has 1 N–H and O–H groups in total. The zero-order valence-corrected chi connectivity index (χ0v) is 11.8. The van der Waals surface area contributed by atoms with Gasteiger partial charge in [0.05, 0.1) is 0 Å². The van der Waals surface area contributed by atoms with Crippen LogP contribution in [0.2, 0.25) is 0 Å². The number of aromatic nitrogens is 1. The molecule has 0 radical (unpaired) electrons. The van der Waals surface area contributed by atoms with Gasteiger partial charge in [-0.05, 0) is 31.6 Å². The van der Waals surface area contributed by atoms with E-state index in [1.54, 1.807) is 13.2 Å². The van der Waals surface area contributed by atoms with Gasteiger partial charge < -0.3 is 14.6 Å². The van der Waals surface area contributed by atoms with Crippen LogP contribution in [0.1, 0.15) is 41.9 Å². The normalized spacial score (nSPS) is 23.3. The minimum Gasteiger partial charge on any atom is -0.377 e. The maximum absolute atomic E-state index is 11.9. The third-order valence-corrected chi connectivity index (χ3v) is 3.84. The molecule has 2 rings (SSSR count). The zero-order valence-electron chi connectivity index (χ0n) is 11.0. The number of nitrogens with zero attached hydrogens (tertiary/aromatic N) is 1. The maximum Gasteiger partial charge on any atom is 0.273 e. The highest BCUT2D eigenvalue weighted by Gasteiger charge is 2.20. The number of carbonyl (C=O) groups is 1. The molecule has 0 atom stereocenters. The molecule has 0 unspecified atom stereocenters. The number of hydrogen-bond donors (Lipinski definition) is 1. The van der Waals surface area contributed by atoms with Crippen LogP contribution in [0.4, 0.5) is 0 Å². The molecule has 0 bridgehead atoms. The van der Waals surface area contributed by atoms with E-state index in [1.807, 2.05) is 0 Å². The van der Waals surface area contributed by atoms with Crippen molar-refractivity contribution in [3.05, 3.63) is 17.5 Å². The van der Waals surface area contributed by atoms with Gasteiger partial charge >= 0.3 is 0 Å². The number of rotatable bonds is 5. The molecule has 1 aliphatic rings. The zero-order chi connectivity index (χ0) is 13.7. The van der Waals surface area contributed by atoms with Crippen molar-refractivity contribution in [1.82, 2.24) is 10.5 Å². The van der Waals surface area contributed by atoms with Crippen LogP contribution >= 0.6 is 11.6 Å². The van der Waals surface area contributed by atoms with Crippen molar-refractivity contribution in [3.63, 3.8) is 0 Å². The van der Waals surface area contributed by atoms with Crippen LogP contribution in [0, 0.1) is 5.92 Å². The van der Waals surface area contributed by atoms with E-state index in [9.17, 15) is 4.79 Å². The van der Waals surface area contributed by atoms with E-state index in [1.165, 1.54) is 0 Å². The summed E-state index contributed by atoms with van der Waals surface area (Å²) in [5, 5.41) is 6.92. The van der Waals surface area contributed by atoms with Gasteiger partial charge in [-0.1, -0.05) is 5.16 Å². The van der Waals surface area contributed by atoms with Crippen molar-refractivity contribution in [2.75, 3.05) is 13.7 Å².